The van der Waals surface area contributed by atoms with Gasteiger partial charge in [-0.05, 0) is 49.9 Å². The van der Waals surface area contributed by atoms with E-state index >= 15 is 0 Å². The lowest BCUT2D eigenvalue weighted by molar-refractivity contribution is -0.128. The van der Waals surface area contributed by atoms with Crippen LogP contribution >= 0.6 is 0 Å². The molecule has 1 unspecified atom stereocenters. The Bertz CT molecular complexity index is 717. The van der Waals surface area contributed by atoms with Crippen LogP contribution in [0.1, 0.15) is 30.4 Å². The third kappa shape index (κ3) is 3.21. The molecule has 0 spiro atoms. The van der Waals surface area contributed by atoms with Crippen LogP contribution < -0.4 is 9.46 Å². The van der Waals surface area contributed by atoms with Crippen molar-refractivity contribution in [3.8, 4) is 5.75 Å². The largest absolute Gasteiger partial charge is 0.497 e. The number of hydrogen-bond acceptors (Lipinski definition) is 4. The average molecular weight is 338 g/mol. The molecule has 3 rings (SSSR count). The Morgan fingerprint density at radius 3 is 2.35 bits per heavy atom. The maximum Gasteiger partial charge on any atom is 0.241 e. The number of likely N-dealkylation sites (tertiary alicyclic amines) is 1. The molecule has 2 fully saturated rings. The molecule has 1 aliphatic heterocycles. The topological polar surface area (TPSA) is 75.7 Å². The van der Waals surface area contributed by atoms with Crippen molar-refractivity contribution in [1.82, 2.24) is 9.62 Å². The maximum atomic E-state index is 12.7. The zero-order chi connectivity index (χ0) is 16.8. The van der Waals surface area contributed by atoms with Crippen molar-refractivity contribution in [2.45, 2.75) is 50.1 Å². The monoisotopic (exact) mass is 338 g/mol. The fraction of sp³-hybridized carbons (Fsp3) is 0.562. The minimum Gasteiger partial charge on any atom is -0.497 e. The van der Waals surface area contributed by atoms with E-state index in [0.717, 1.165) is 12.8 Å². The molecule has 23 heavy (non-hydrogen) atoms. The number of methoxy groups -OCH3 is 1. The number of aryl methyl sites for hydroxylation is 2. The number of amides is 1. The quantitative estimate of drug-likeness (QED) is 0.879. The summed E-state index contributed by atoms with van der Waals surface area (Å²) in [6.45, 7) is 3.97. The van der Waals surface area contributed by atoms with Crippen LogP contribution in [0.3, 0.4) is 0 Å². The van der Waals surface area contributed by atoms with E-state index in [1.165, 1.54) is 0 Å². The number of benzene rings is 1. The summed E-state index contributed by atoms with van der Waals surface area (Å²) in [4.78, 5) is 14.1. The lowest BCUT2D eigenvalue weighted by atomic mass is 10.1. The molecule has 1 N–H and O–H groups in total. The maximum absolute atomic E-state index is 12.7. The van der Waals surface area contributed by atoms with Crippen molar-refractivity contribution < 1.29 is 17.9 Å². The SMILES string of the molecule is COc1cc(C)c(S(=O)(=O)NC2CC(=O)N(C3CC3)C2)c(C)c1. The van der Waals surface area contributed by atoms with Gasteiger partial charge in [0.2, 0.25) is 15.9 Å². The van der Waals surface area contributed by atoms with E-state index in [4.69, 9.17) is 4.74 Å². The van der Waals surface area contributed by atoms with Crippen LogP contribution in [0.2, 0.25) is 0 Å². The molecule has 1 atom stereocenters. The Hall–Kier alpha value is -1.60. The molecule has 7 heteroatoms. The van der Waals surface area contributed by atoms with Gasteiger partial charge in [0, 0.05) is 25.0 Å². The van der Waals surface area contributed by atoms with Crippen molar-refractivity contribution in [3.05, 3.63) is 23.3 Å². The standard InChI is InChI=1S/C16H22N2O4S/c1-10-6-14(22-3)7-11(2)16(10)23(20,21)17-12-8-15(19)18(9-12)13-4-5-13/h6-7,12-13,17H,4-5,8-9H2,1-3H3. The molecule has 1 heterocycles. The molecule has 1 aromatic rings. The average Bonchev–Trinajstić information content (AvgIpc) is 3.22. The van der Waals surface area contributed by atoms with Crippen molar-refractivity contribution in [1.29, 1.82) is 0 Å². The Kier molecular flexibility index (Phi) is 4.10. The predicted molar refractivity (Wildman–Crippen MR) is 85.9 cm³/mol. The van der Waals surface area contributed by atoms with Crippen molar-refractivity contribution in [2.24, 2.45) is 0 Å². The summed E-state index contributed by atoms with van der Waals surface area (Å²) >= 11 is 0. The fourth-order valence-corrected chi connectivity index (χ4v) is 4.96. The Labute approximate surface area is 136 Å². The Morgan fingerprint density at radius 2 is 1.83 bits per heavy atom. The van der Waals surface area contributed by atoms with Gasteiger partial charge in [-0.1, -0.05) is 0 Å². The molecule has 0 bridgehead atoms. The number of sulfonamides is 1. The third-order valence-electron chi connectivity index (χ3n) is 4.41. The van der Waals surface area contributed by atoms with Crippen molar-refractivity contribution in [2.75, 3.05) is 13.7 Å². The number of carbonyl (C=O) groups is 1. The molecule has 0 aromatic heterocycles. The number of nitrogens with one attached hydrogen (secondary N) is 1. The van der Waals surface area contributed by atoms with Gasteiger partial charge < -0.3 is 9.64 Å². The van der Waals surface area contributed by atoms with E-state index in [2.05, 4.69) is 4.72 Å². The first-order chi connectivity index (χ1) is 10.8. The summed E-state index contributed by atoms with van der Waals surface area (Å²) in [5, 5.41) is 0. The fourth-order valence-electron chi connectivity index (χ4n) is 3.28. The summed E-state index contributed by atoms with van der Waals surface area (Å²) in [6.07, 6.45) is 2.30. The molecule has 0 radical (unpaired) electrons. The van der Waals surface area contributed by atoms with E-state index in [1.54, 1.807) is 38.0 Å². The molecular weight excluding hydrogens is 316 g/mol. The van der Waals surface area contributed by atoms with Crippen LogP contribution in [0.25, 0.3) is 0 Å². The third-order valence-corrected chi connectivity index (χ3v) is 6.23. The predicted octanol–water partition coefficient (Wildman–Crippen LogP) is 1.35. The lowest BCUT2D eigenvalue weighted by Gasteiger charge is -2.18. The lowest BCUT2D eigenvalue weighted by Crippen LogP contribution is -2.38. The number of hydrogen-bond donors (Lipinski definition) is 1. The highest BCUT2D eigenvalue weighted by molar-refractivity contribution is 7.89. The molecule has 1 saturated heterocycles. The van der Waals surface area contributed by atoms with Gasteiger partial charge in [-0.3, -0.25) is 4.79 Å². The normalized spacial score (nSPS) is 21.8. The van der Waals surface area contributed by atoms with Crippen LogP contribution in [0.5, 0.6) is 5.75 Å². The molecule has 1 amide bonds. The Morgan fingerprint density at radius 1 is 1.22 bits per heavy atom. The van der Waals surface area contributed by atoms with Crippen molar-refractivity contribution in [3.63, 3.8) is 0 Å². The number of rotatable bonds is 5. The summed E-state index contributed by atoms with van der Waals surface area (Å²) in [5.74, 6) is 0.679. The second-order valence-electron chi connectivity index (χ2n) is 6.39. The van der Waals surface area contributed by atoms with Gasteiger partial charge in [-0.15, -0.1) is 0 Å². The molecule has 126 valence electrons. The molecule has 1 saturated carbocycles. The number of carbonyl (C=O) groups excluding carboxylic acids is 1. The Balaban J connectivity index is 1.81. The molecule has 1 aliphatic carbocycles. The van der Waals surface area contributed by atoms with Crippen LogP contribution in [0.15, 0.2) is 17.0 Å². The number of nitrogens with zero attached hydrogens (tertiary/aromatic N) is 1. The minimum absolute atomic E-state index is 0.0448. The van der Waals surface area contributed by atoms with E-state index in [1.807, 2.05) is 0 Å². The van der Waals surface area contributed by atoms with E-state index in [0.29, 0.717) is 29.5 Å². The summed E-state index contributed by atoms with van der Waals surface area (Å²) in [6, 6.07) is 3.38. The van der Waals surface area contributed by atoms with E-state index in [9.17, 15) is 13.2 Å². The van der Waals surface area contributed by atoms with Gasteiger partial charge in [-0.25, -0.2) is 13.1 Å². The van der Waals surface area contributed by atoms with Gasteiger partial charge in [0.15, 0.2) is 0 Å². The molecule has 1 aromatic carbocycles. The molecular formula is C16H22N2O4S. The van der Waals surface area contributed by atoms with E-state index in [-0.39, 0.29) is 23.3 Å². The van der Waals surface area contributed by atoms with Gasteiger partial charge >= 0.3 is 0 Å². The second kappa shape index (κ2) is 5.79. The van der Waals surface area contributed by atoms with E-state index < -0.39 is 10.0 Å². The van der Waals surface area contributed by atoms with Gasteiger partial charge in [-0.2, -0.15) is 0 Å². The van der Waals surface area contributed by atoms with Gasteiger partial charge in [0.1, 0.15) is 5.75 Å². The highest BCUT2D eigenvalue weighted by Crippen LogP contribution is 2.31. The minimum atomic E-state index is -3.67. The first kappa shape index (κ1) is 16.3. The van der Waals surface area contributed by atoms with Crippen molar-refractivity contribution >= 4 is 15.9 Å². The van der Waals surface area contributed by atoms with Crippen LogP contribution in [-0.2, 0) is 14.8 Å². The zero-order valence-corrected chi connectivity index (χ0v) is 14.4. The van der Waals surface area contributed by atoms with Gasteiger partial charge in [0.05, 0.1) is 12.0 Å². The second-order valence-corrected chi connectivity index (χ2v) is 8.04. The van der Waals surface area contributed by atoms with Crippen LogP contribution in [0.4, 0.5) is 0 Å². The summed E-state index contributed by atoms with van der Waals surface area (Å²) in [7, 11) is -2.11. The first-order valence-electron chi connectivity index (χ1n) is 7.79. The molecule has 2 aliphatic rings. The highest BCUT2D eigenvalue weighted by atomic mass is 32.2. The summed E-state index contributed by atoms with van der Waals surface area (Å²) < 4.78 is 33.4. The zero-order valence-electron chi connectivity index (χ0n) is 13.6. The first-order valence-corrected chi connectivity index (χ1v) is 9.27. The molecule has 6 nitrogen and oxygen atoms in total. The van der Waals surface area contributed by atoms with Crippen LogP contribution in [0, 0.1) is 13.8 Å². The number of ether oxygens (including phenoxy) is 1. The smallest absolute Gasteiger partial charge is 0.241 e. The van der Waals surface area contributed by atoms with Crippen LogP contribution in [-0.4, -0.2) is 45.0 Å². The van der Waals surface area contributed by atoms with Gasteiger partial charge in [0.25, 0.3) is 0 Å². The highest BCUT2D eigenvalue weighted by Gasteiger charge is 2.40. The summed E-state index contributed by atoms with van der Waals surface area (Å²) in [5.41, 5.74) is 1.27.